The van der Waals surface area contributed by atoms with Gasteiger partial charge in [-0.05, 0) is 41.1 Å². The molecule has 1 N–H and O–H groups in total. The topological polar surface area (TPSA) is 54.9 Å². The van der Waals surface area contributed by atoms with Crippen LogP contribution in [-0.2, 0) is 0 Å². The molecule has 1 aromatic heterocycles. The summed E-state index contributed by atoms with van der Waals surface area (Å²) >= 11 is 0. The van der Waals surface area contributed by atoms with Crippen molar-refractivity contribution in [3.63, 3.8) is 0 Å². The van der Waals surface area contributed by atoms with Crippen LogP contribution in [0.15, 0.2) is 97.1 Å². The fourth-order valence-corrected chi connectivity index (χ4v) is 4.15. The monoisotopic (exact) mass is 399 g/mol. The predicted octanol–water partition coefficient (Wildman–Crippen LogP) is 6.34. The summed E-state index contributed by atoms with van der Waals surface area (Å²) in [5.74, 6) is -0.148. The van der Waals surface area contributed by atoms with Crippen LogP contribution in [0.25, 0.3) is 43.6 Å². The van der Waals surface area contributed by atoms with Crippen LogP contribution < -0.4 is 5.32 Å². The first-order valence-corrected chi connectivity index (χ1v) is 10.2. The smallest absolute Gasteiger partial charge is 0.255 e. The quantitative estimate of drug-likeness (QED) is 0.273. The van der Waals surface area contributed by atoms with E-state index in [2.05, 4.69) is 35.6 Å². The van der Waals surface area contributed by atoms with Gasteiger partial charge in [-0.1, -0.05) is 66.7 Å². The van der Waals surface area contributed by atoms with Gasteiger partial charge in [0.15, 0.2) is 0 Å². The molecule has 0 atom stereocenters. The Labute approximate surface area is 178 Å². The molecule has 0 aliphatic rings. The third kappa shape index (κ3) is 2.89. The number of rotatable bonds is 2. The van der Waals surface area contributed by atoms with E-state index in [9.17, 15) is 4.79 Å². The molecular weight excluding hydrogens is 382 g/mol. The minimum atomic E-state index is -0.148. The van der Waals surface area contributed by atoms with Crippen LogP contribution >= 0.6 is 0 Å². The zero-order valence-electron chi connectivity index (χ0n) is 16.5. The third-order valence-corrected chi connectivity index (χ3v) is 5.61. The Morgan fingerprint density at radius 3 is 1.77 bits per heavy atom. The highest BCUT2D eigenvalue weighted by molar-refractivity contribution is 6.23. The Kier molecular flexibility index (Phi) is 3.90. The number of benzene rings is 5. The number of nitrogens with zero attached hydrogens (tertiary/aromatic N) is 2. The average molecular weight is 399 g/mol. The van der Waals surface area contributed by atoms with Crippen LogP contribution in [0.2, 0.25) is 0 Å². The van der Waals surface area contributed by atoms with Crippen LogP contribution in [0.4, 0.5) is 5.69 Å². The van der Waals surface area contributed by atoms with Gasteiger partial charge in [-0.25, -0.2) is 9.97 Å². The summed E-state index contributed by atoms with van der Waals surface area (Å²) in [7, 11) is 0. The highest BCUT2D eigenvalue weighted by atomic mass is 16.1. The van der Waals surface area contributed by atoms with E-state index in [4.69, 9.17) is 9.97 Å². The van der Waals surface area contributed by atoms with Crippen molar-refractivity contribution in [2.45, 2.75) is 0 Å². The molecule has 0 bridgehead atoms. The molecular formula is C27H17N3O. The number of hydrogen-bond donors (Lipinski definition) is 1. The lowest BCUT2D eigenvalue weighted by molar-refractivity contribution is 0.102. The van der Waals surface area contributed by atoms with Crippen molar-refractivity contribution >= 4 is 55.2 Å². The molecule has 0 aliphatic heterocycles. The van der Waals surface area contributed by atoms with E-state index in [1.54, 1.807) is 12.1 Å². The first kappa shape index (κ1) is 17.5. The Morgan fingerprint density at radius 2 is 1.13 bits per heavy atom. The van der Waals surface area contributed by atoms with Crippen LogP contribution in [-0.4, -0.2) is 15.9 Å². The van der Waals surface area contributed by atoms with Gasteiger partial charge in [0.05, 0.1) is 22.1 Å². The van der Waals surface area contributed by atoms with Crippen molar-refractivity contribution in [1.82, 2.24) is 9.97 Å². The molecule has 6 rings (SSSR count). The second kappa shape index (κ2) is 6.89. The highest BCUT2D eigenvalue weighted by Crippen LogP contribution is 2.34. The zero-order valence-corrected chi connectivity index (χ0v) is 16.5. The van der Waals surface area contributed by atoms with Crippen LogP contribution in [0, 0.1) is 0 Å². The standard InChI is InChI=1S/C27H17N3O/c31-27(17-8-2-1-3-9-17)28-18-14-15-23-24(16-18)30-26-22-13-7-5-11-20(22)19-10-4-6-12-21(19)25(26)29-23/h1-16H,(H,28,31). The molecule has 1 heterocycles. The van der Waals surface area contributed by atoms with E-state index in [1.165, 1.54) is 5.39 Å². The van der Waals surface area contributed by atoms with Gasteiger partial charge in [0.1, 0.15) is 0 Å². The maximum absolute atomic E-state index is 12.5. The van der Waals surface area contributed by atoms with Gasteiger partial charge in [0.25, 0.3) is 5.91 Å². The number of hydrogen-bond acceptors (Lipinski definition) is 3. The number of anilines is 1. The minimum Gasteiger partial charge on any atom is -0.322 e. The van der Waals surface area contributed by atoms with Crippen molar-refractivity contribution in [1.29, 1.82) is 0 Å². The lowest BCUT2D eigenvalue weighted by atomic mass is 9.99. The Bertz CT molecular complexity index is 1620. The molecule has 31 heavy (non-hydrogen) atoms. The summed E-state index contributed by atoms with van der Waals surface area (Å²) in [6, 6.07) is 31.4. The van der Waals surface area contributed by atoms with Crippen molar-refractivity contribution in [2.75, 3.05) is 5.32 Å². The maximum atomic E-state index is 12.5. The van der Waals surface area contributed by atoms with Gasteiger partial charge >= 0.3 is 0 Å². The second-order valence-electron chi connectivity index (χ2n) is 7.54. The molecule has 146 valence electrons. The van der Waals surface area contributed by atoms with Crippen molar-refractivity contribution in [2.24, 2.45) is 0 Å². The first-order chi connectivity index (χ1) is 15.3. The Hall–Kier alpha value is -4.31. The predicted molar refractivity (Wildman–Crippen MR) is 126 cm³/mol. The Balaban J connectivity index is 1.56. The molecule has 0 radical (unpaired) electrons. The fourth-order valence-electron chi connectivity index (χ4n) is 4.15. The van der Waals surface area contributed by atoms with E-state index in [0.717, 1.165) is 38.2 Å². The summed E-state index contributed by atoms with van der Waals surface area (Å²) in [4.78, 5) is 22.5. The van der Waals surface area contributed by atoms with E-state index in [0.29, 0.717) is 11.3 Å². The molecule has 0 spiro atoms. The van der Waals surface area contributed by atoms with Gasteiger partial charge < -0.3 is 5.32 Å². The average Bonchev–Trinajstić information content (AvgIpc) is 2.84. The van der Waals surface area contributed by atoms with Crippen molar-refractivity contribution in [3.05, 3.63) is 103 Å². The molecule has 1 amide bonds. The highest BCUT2D eigenvalue weighted by Gasteiger charge is 2.12. The number of aromatic nitrogens is 2. The first-order valence-electron chi connectivity index (χ1n) is 10.2. The van der Waals surface area contributed by atoms with Crippen LogP contribution in [0.3, 0.4) is 0 Å². The lowest BCUT2D eigenvalue weighted by Crippen LogP contribution is -2.11. The molecule has 6 aromatic rings. The molecule has 5 aromatic carbocycles. The normalized spacial score (nSPS) is 11.4. The summed E-state index contributed by atoms with van der Waals surface area (Å²) in [5.41, 5.74) is 4.62. The summed E-state index contributed by atoms with van der Waals surface area (Å²) in [6.07, 6.45) is 0. The second-order valence-corrected chi connectivity index (χ2v) is 7.54. The van der Waals surface area contributed by atoms with E-state index >= 15 is 0 Å². The zero-order chi connectivity index (χ0) is 20.8. The lowest BCUT2D eigenvalue weighted by Gasteiger charge is -2.11. The minimum absolute atomic E-state index is 0.148. The van der Waals surface area contributed by atoms with Gasteiger partial charge in [0, 0.05) is 22.0 Å². The van der Waals surface area contributed by atoms with E-state index < -0.39 is 0 Å². The number of nitrogens with one attached hydrogen (secondary N) is 1. The maximum Gasteiger partial charge on any atom is 0.255 e. The molecule has 4 nitrogen and oxygen atoms in total. The Morgan fingerprint density at radius 1 is 0.581 bits per heavy atom. The largest absolute Gasteiger partial charge is 0.322 e. The van der Waals surface area contributed by atoms with Gasteiger partial charge in [-0.3, -0.25) is 4.79 Å². The van der Waals surface area contributed by atoms with Gasteiger partial charge in [-0.15, -0.1) is 0 Å². The SMILES string of the molecule is O=C(Nc1ccc2nc3c4ccccc4c4ccccc4c3nc2c1)c1ccccc1. The third-order valence-electron chi connectivity index (χ3n) is 5.61. The van der Waals surface area contributed by atoms with Crippen LogP contribution in [0.1, 0.15) is 10.4 Å². The molecule has 4 heteroatoms. The van der Waals surface area contributed by atoms with E-state index in [1.807, 2.05) is 54.6 Å². The number of carbonyl (C=O) groups excluding carboxylic acids is 1. The summed E-state index contributed by atoms with van der Waals surface area (Å²) in [5, 5.41) is 7.45. The van der Waals surface area contributed by atoms with Crippen LogP contribution in [0.5, 0.6) is 0 Å². The number of amides is 1. The van der Waals surface area contributed by atoms with Gasteiger partial charge in [0.2, 0.25) is 0 Å². The van der Waals surface area contributed by atoms with Crippen molar-refractivity contribution < 1.29 is 4.79 Å². The molecule has 0 unspecified atom stereocenters. The molecule has 0 saturated carbocycles. The number of carbonyl (C=O) groups is 1. The van der Waals surface area contributed by atoms with E-state index in [-0.39, 0.29) is 5.91 Å². The number of fused-ring (bicyclic) bond motifs is 7. The fraction of sp³-hybridized carbons (Fsp3) is 0. The van der Waals surface area contributed by atoms with Gasteiger partial charge in [-0.2, -0.15) is 0 Å². The van der Waals surface area contributed by atoms with Crippen molar-refractivity contribution in [3.8, 4) is 0 Å². The molecule has 0 saturated heterocycles. The molecule has 0 fully saturated rings. The summed E-state index contributed by atoms with van der Waals surface area (Å²) < 4.78 is 0. The summed E-state index contributed by atoms with van der Waals surface area (Å²) in [6.45, 7) is 0. The molecule has 0 aliphatic carbocycles.